The Hall–Kier alpha value is -1.13. The van der Waals surface area contributed by atoms with Gasteiger partial charge in [0.2, 0.25) is 5.91 Å². The number of amides is 1. The lowest BCUT2D eigenvalue weighted by Gasteiger charge is -2.48. The summed E-state index contributed by atoms with van der Waals surface area (Å²) in [5.41, 5.74) is 0. The lowest BCUT2D eigenvalue weighted by Crippen LogP contribution is -2.68. The lowest BCUT2D eigenvalue weighted by molar-refractivity contribution is -0.373. The van der Waals surface area contributed by atoms with Crippen molar-refractivity contribution in [3.05, 3.63) is 0 Å². The smallest absolute Gasteiger partial charge is 0.217 e. The molecule has 0 aliphatic carbocycles. The molecule has 0 spiro atoms. The van der Waals surface area contributed by atoms with Crippen LogP contribution in [0.1, 0.15) is 6.92 Å². The number of hydrogen-bond donors (Lipinski definition) is 11. The highest BCUT2D eigenvalue weighted by Gasteiger charge is 2.53. The van der Waals surface area contributed by atoms with Crippen LogP contribution in [0.15, 0.2) is 0 Å². The molecule has 3 rings (SSSR count). The van der Waals surface area contributed by atoms with Gasteiger partial charge in [-0.15, -0.1) is 0 Å². The predicted octanol–water partition coefficient (Wildman–Crippen LogP) is -7.43. The summed E-state index contributed by atoms with van der Waals surface area (Å²) in [6, 6.07) is -1.41. The van der Waals surface area contributed by atoms with E-state index in [9.17, 15) is 55.9 Å². The number of nitrogens with one attached hydrogen (secondary N) is 1. The van der Waals surface area contributed by atoms with E-state index in [2.05, 4.69) is 5.32 Å². The summed E-state index contributed by atoms with van der Waals surface area (Å²) in [4.78, 5) is 11.6. The third-order valence-electron chi connectivity index (χ3n) is 6.50. The minimum Gasteiger partial charge on any atom is -0.394 e. The summed E-state index contributed by atoms with van der Waals surface area (Å²) >= 11 is 0. The summed E-state index contributed by atoms with van der Waals surface area (Å²) in [5.74, 6) is -0.645. The predicted molar refractivity (Wildman–Crippen MR) is 113 cm³/mol. The Morgan fingerprint density at radius 1 is 0.649 bits per heavy atom. The SMILES string of the molecule is CC(=O)N[C@@H]1[C@@H](O[C@H]2O[C@H](CO)[C@H](O)[C@H](O[C@H]3O[C@H](CO)[C@H](O)[C@H](O)[C@H]3O)[C@H]2O)[C@H](O)[C@@H](CO)O[C@H]1O. The number of carbonyl (C=O) groups excluding carboxylic acids is 1. The van der Waals surface area contributed by atoms with Crippen molar-refractivity contribution in [2.24, 2.45) is 0 Å². The molecule has 11 N–H and O–H groups in total. The van der Waals surface area contributed by atoms with Gasteiger partial charge >= 0.3 is 0 Å². The number of hydrogen-bond acceptors (Lipinski definition) is 16. The van der Waals surface area contributed by atoms with E-state index >= 15 is 0 Å². The Morgan fingerprint density at radius 3 is 1.65 bits per heavy atom. The maximum atomic E-state index is 11.6. The second kappa shape index (κ2) is 12.8. The molecule has 0 aromatic carbocycles. The standard InChI is InChI=1S/C20H35NO16/c1-5(25)21-9-16(11(27)7(3-23)33-18(9)32)36-20-15(31)17(12(28)8(4-24)35-20)37-19-14(30)13(29)10(26)6(2-22)34-19/h6-20,22-24,26-32H,2-4H2,1H3,(H,21,25)/t6-,7-,8-,9-,10+,11-,12+,13+,14-,15-,16-,17+,18-,19-,20-/m1/s1. The van der Waals surface area contributed by atoms with Gasteiger partial charge in [0.15, 0.2) is 18.9 Å². The van der Waals surface area contributed by atoms with E-state index in [0.29, 0.717) is 0 Å². The second-order valence-corrected chi connectivity index (χ2v) is 9.07. The van der Waals surface area contributed by atoms with Crippen molar-refractivity contribution in [1.82, 2.24) is 5.32 Å². The fourth-order valence-corrected chi connectivity index (χ4v) is 4.45. The molecule has 0 radical (unpaired) electrons. The molecule has 17 heteroatoms. The first-order valence-electron chi connectivity index (χ1n) is 11.6. The van der Waals surface area contributed by atoms with Crippen LogP contribution in [-0.2, 0) is 28.5 Å². The number of rotatable bonds is 8. The zero-order chi connectivity index (χ0) is 27.6. The van der Waals surface area contributed by atoms with Crippen molar-refractivity contribution in [3.63, 3.8) is 0 Å². The summed E-state index contributed by atoms with van der Waals surface area (Å²) in [7, 11) is 0. The van der Waals surface area contributed by atoms with Gasteiger partial charge in [-0.3, -0.25) is 4.79 Å². The van der Waals surface area contributed by atoms with Gasteiger partial charge in [0.25, 0.3) is 0 Å². The van der Waals surface area contributed by atoms with Gasteiger partial charge in [-0.05, 0) is 0 Å². The molecule has 37 heavy (non-hydrogen) atoms. The molecule has 0 bridgehead atoms. The molecule has 0 unspecified atom stereocenters. The summed E-state index contributed by atoms with van der Waals surface area (Å²) in [5, 5.41) is 103. The highest BCUT2D eigenvalue weighted by Crippen LogP contribution is 2.32. The van der Waals surface area contributed by atoms with Crippen molar-refractivity contribution in [2.45, 2.75) is 99.0 Å². The van der Waals surface area contributed by atoms with Crippen LogP contribution in [0, 0.1) is 0 Å². The van der Waals surface area contributed by atoms with Crippen molar-refractivity contribution >= 4 is 5.91 Å². The molecule has 3 aliphatic heterocycles. The van der Waals surface area contributed by atoms with E-state index in [1.165, 1.54) is 0 Å². The molecule has 0 saturated carbocycles. The number of aliphatic hydroxyl groups is 10. The summed E-state index contributed by atoms with van der Waals surface area (Å²) < 4.78 is 26.9. The molecule has 0 aromatic rings. The number of ether oxygens (including phenoxy) is 5. The molecule has 15 atom stereocenters. The van der Waals surface area contributed by atoms with Gasteiger partial charge in [0.1, 0.15) is 73.2 Å². The third-order valence-corrected chi connectivity index (χ3v) is 6.50. The zero-order valence-electron chi connectivity index (χ0n) is 19.7. The van der Waals surface area contributed by atoms with Crippen LogP contribution in [-0.4, -0.2) is 169 Å². The van der Waals surface area contributed by atoms with Gasteiger partial charge in [0, 0.05) is 6.92 Å². The molecule has 1 amide bonds. The average molecular weight is 545 g/mol. The molecule has 3 saturated heterocycles. The van der Waals surface area contributed by atoms with Crippen molar-refractivity contribution < 1.29 is 79.5 Å². The van der Waals surface area contributed by atoms with Crippen LogP contribution in [0.2, 0.25) is 0 Å². The Morgan fingerprint density at radius 2 is 1.11 bits per heavy atom. The van der Waals surface area contributed by atoms with E-state index < -0.39 is 118 Å². The van der Waals surface area contributed by atoms with Crippen molar-refractivity contribution in [3.8, 4) is 0 Å². The molecule has 3 aliphatic rings. The Balaban J connectivity index is 1.83. The third kappa shape index (κ3) is 6.38. The molecule has 0 aromatic heterocycles. The van der Waals surface area contributed by atoms with Crippen molar-refractivity contribution in [2.75, 3.05) is 19.8 Å². The minimum atomic E-state index is -1.93. The number of carbonyl (C=O) groups is 1. The lowest BCUT2D eigenvalue weighted by atomic mass is 9.95. The fourth-order valence-electron chi connectivity index (χ4n) is 4.45. The van der Waals surface area contributed by atoms with Gasteiger partial charge in [-0.2, -0.15) is 0 Å². The van der Waals surface area contributed by atoms with E-state index in [0.717, 1.165) is 6.92 Å². The molecule has 216 valence electrons. The second-order valence-electron chi connectivity index (χ2n) is 9.07. The zero-order valence-corrected chi connectivity index (χ0v) is 19.7. The molecule has 3 heterocycles. The van der Waals surface area contributed by atoms with E-state index in [1.54, 1.807) is 0 Å². The first kappa shape index (κ1) is 30.4. The molecular formula is C20H35NO16. The van der Waals surface area contributed by atoms with Crippen molar-refractivity contribution in [1.29, 1.82) is 0 Å². The minimum absolute atomic E-state index is 0.645. The average Bonchev–Trinajstić information content (AvgIpc) is 2.86. The van der Waals surface area contributed by atoms with Crippen LogP contribution in [0.4, 0.5) is 0 Å². The van der Waals surface area contributed by atoms with Crippen LogP contribution in [0.3, 0.4) is 0 Å². The first-order valence-corrected chi connectivity index (χ1v) is 11.6. The van der Waals surface area contributed by atoms with E-state index in [1.807, 2.05) is 0 Å². The van der Waals surface area contributed by atoms with Crippen LogP contribution < -0.4 is 5.32 Å². The topological polar surface area (TPSA) is 278 Å². The van der Waals surface area contributed by atoms with Gasteiger partial charge in [0.05, 0.1) is 19.8 Å². The van der Waals surface area contributed by atoms with Gasteiger partial charge in [-0.1, -0.05) is 0 Å². The maximum Gasteiger partial charge on any atom is 0.217 e. The highest BCUT2D eigenvalue weighted by molar-refractivity contribution is 5.73. The first-order chi connectivity index (χ1) is 17.4. The van der Waals surface area contributed by atoms with Gasteiger partial charge < -0.3 is 80.1 Å². The van der Waals surface area contributed by atoms with Gasteiger partial charge in [-0.25, -0.2) is 0 Å². The largest absolute Gasteiger partial charge is 0.394 e. The summed E-state index contributed by atoms with van der Waals surface area (Å²) in [6.07, 6.45) is -23.5. The Bertz CT molecular complexity index is 745. The number of aliphatic hydroxyl groups excluding tert-OH is 10. The Labute approximate surface area is 210 Å². The Kier molecular flexibility index (Phi) is 10.5. The fraction of sp³-hybridized carbons (Fsp3) is 0.950. The normalized spacial score (nSPS) is 49.0. The maximum absolute atomic E-state index is 11.6. The highest BCUT2D eigenvalue weighted by atomic mass is 16.7. The van der Waals surface area contributed by atoms with E-state index in [-0.39, 0.29) is 0 Å². The molecule has 3 fully saturated rings. The molecule has 17 nitrogen and oxygen atoms in total. The quantitative estimate of drug-likeness (QED) is 0.135. The van der Waals surface area contributed by atoms with Crippen LogP contribution in [0.25, 0.3) is 0 Å². The van der Waals surface area contributed by atoms with E-state index in [4.69, 9.17) is 23.7 Å². The molecular weight excluding hydrogens is 510 g/mol. The monoisotopic (exact) mass is 545 g/mol. The van der Waals surface area contributed by atoms with Crippen LogP contribution in [0.5, 0.6) is 0 Å². The van der Waals surface area contributed by atoms with Crippen LogP contribution >= 0.6 is 0 Å². The summed E-state index contributed by atoms with van der Waals surface area (Å²) in [6.45, 7) is -1.23.